The first-order valence-electron chi connectivity index (χ1n) is 10.5. The third kappa shape index (κ3) is 4.51. The maximum absolute atomic E-state index is 13.8. The van der Waals surface area contributed by atoms with E-state index in [9.17, 15) is 14.3 Å². The molecule has 4 aromatic rings. The lowest BCUT2D eigenvalue weighted by atomic mass is 10.1. The standard InChI is InChI=1S/C24H24FN7O2/c1-14-11-16(4-5-17(14)24(34)31(2)9-7-21(26)27)30-22-23-29-13-19(32(23)10-8-28-22)15-3-6-20(33)18(25)12-15/h3-6,8,10-13,33H,7,9H2,1-2H3,(H3,26,27)(H,28,30). The number of nitrogens with two attached hydrogens (primary N) is 1. The lowest BCUT2D eigenvalue weighted by Crippen LogP contribution is -2.30. The van der Waals surface area contributed by atoms with Gasteiger partial charge < -0.3 is 21.1 Å². The summed E-state index contributed by atoms with van der Waals surface area (Å²) in [6, 6.07) is 9.52. The predicted molar refractivity (Wildman–Crippen MR) is 128 cm³/mol. The number of carbonyl (C=O) groups is 1. The number of carbonyl (C=O) groups excluding carboxylic acids is 1. The van der Waals surface area contributed by atoms with Crippen molar-refractivity contribution in [2.75, 3.05) is 18.9 Å². The average molecular weight is 462 g/mol. The van der Waals surface area contributed by atoms with Crippen molar-refractivity contribution < 1.29 is 14.3 Å². The molecule has 0 saturated heterocycles. The van der Waals surface area contributed by atoms with E-state index in [4.69, 9.17) is 11.1 Å². The van der Waals surface area contributed by atoms with Gasteiger partial charge in [-0.3, -0.25) is 14.6 Å². The molecule has 0 spiro atoms. The van der Waals surface area contributed by atoms with Crippen molar-refractivity contribution in [2.45, 2.75) is 13.3 Å². The molecular formula is C24H24FN7O2. The number of aromatic hydroxyl groups is 1. The third-order valence-corrected chi connectivity index (χ3v) is 5.45. The molecule has 0 aliphatic rings. The van der Waals surface area contributed by atoms with E-state index in [1.54, 1.807) is 48.2 Å². The van der Waals surface area contributed by atoms with E-state index in [2.05, 4.69) is 15.3 Å². The quantitative estimate of drug-likeness (QED) is 0.245. The molecular weight excluding hydrogens is 437 g/mol. The van der Waals surface area contributed by atoms with E-state index in [-0.39, 0.29) is 11.7 Å². The summed E-state index contributed by atoms with van der Waals surface area (Å²) in [5.74, 6) is -0.745. The summed E-state index contributed by atoms with van der Waals surface area (Å²) in [5.41, 5.74) is 9.19. The van der Waals surface area contributed by atoms with Gasteiger partial charge in [0.1, 0.15) is 0 Å². The molecule has 0 unspecified atom stereocenters. The molecule has 0 aliphatic heterocycles. The normalized spacial score (nSPS) is 10.9. The van der Waals surface area contributed by atoms with Crippen LogP contribution in [0.1, 0.15) is 22.3 Å². The SMILES string of the molecule is Cc1cc(Nc2nccn3c(-c4ccc(O)c(F)c4)cnc23)ccc1C(=O)N(C)CCC(=N)N. The highest BCUT2D eigenvalue weighted by Crippen LogP contribution is 2.28. The van der Waals surface area contributed by atoms with Gasteiger partial charge in [-0.15, -0.1) is 0 Å². The van der Waals surface area contributed by atoms with Crippen LogP contribution < -0.4 is 11.1 Å². The fourth-order valence-corrected chi connectivity index (χ4v) is 3.60. The van der Waals surface area contributed by atoms with Crippen LogP contribution in [0, 0.1) is 18.2 Å². The minimum Gasteiger partial charge on any atom is -0.505 e. The number of amidine groups is 1. The smallest absolute Gasteiger partial charge is 0.253 e. The van der Waals surface area contributed by atoms with E-state index in [1.165, 1.54) is 17.0 Å². The maximum atomic E-state index is 13.8. The van der Waals surface area contributed by atoms with Crippen molar-refractivity contribution in [1.82, 2.24) is 19.3 Å². The summed E-state index contributed by atoms with van der Waals surface area (Å²) in [4.78, 5) is 23.1. The number of hydrogen-bond donors (Lipinski definition) is 4. The van der Waals surface area contributed by atoms with Gasteiger partial charge in [0.2, 0.25) is 0 Å². The Balaban J connectivity index is 1.59. The van der Waals surface area contributed by atoms with Gasteiger partial charge in [-0.05, 0) is 48.9 Å². The molecule has 5 N–H and O–H groups in total. The molecule has 9 nitrogen and oxygen atoms in total. The number of nitrogens with one attached hydrogen (secondary N) is 2. The van der Waals surface area contributed by atoms with Crippen LogP contribution >= 0.6 is 0 Å². The van der Waals surface area contributed by atoms with Gasteiger partial charge in [-0.2, -0.15) is 0 Å². The van der Waals surface area contributed by atoms with Crippen LogP contribution in [-0.4, -0.2) is 49.7 Å². The number of imidazole rings is 1. The van der Waals surface area contributed by atoms with Crippen molar-refractivity contribution in [1.29, 1.82) is 5.41 Å². The number of halogens is 1. The first-order valence-corrected chi connectivity index (χ1v) is 10.5. The fourth-order valence-electron chi connectivity index (χ4n) is 3.60. The first-order chi connectivity index (χ1) is 16.2. The van der Waals surface area contributed by atoms with Crippen molar-refractivity contribution in [3.63, 3.8) is 0 Å². The van der Waals surface area contributed by atoms with E-state index in [1.807, 2.05) is 13.0 Å². The molecule has 1 amide bonds. The highest BCUT2D eigenvalue weighted by Gasteiger charge is 2.16. The predicted octanol–water partition coefficient (Wildman–Crippen LogP) is 3.69. The number of phenolic OH excluding ortho intramolecular Hbond substituents is 1. The molecule has 0 aliphatic carbocycles. The molecule has 4 rings (SSSR count). The number of anilines is 2. The number of phenols is 1. The van der Waals surface area contributed by atoms with Gasteiger partial charge in [0.15, 0.2) is 23.0 Å². The highest BCUT2D eigenvalue weighted by molar-refractivity contribution is 5.96. The molecule has 0 bridgehead atoms. The Kier molecular flexibility index (Phi) is 6.13. The number of amides is 1. The number of benzene rings is 2. The summed E-state index contributed by atoms with van der Waals surface area (Å²) in [7, 11) is 1.68. The minimum atomic E-state index is -0.711. The van der Waals surface area contributed by atoms with Crippen LogP contribution in [0.25, 0.3) is 16.9 Å². The molecule has 0 fully saturated rings. The first kappa shape index (κ1) is 22.7. The molecule has 2 aromatic heterocycles. The van der Waals surface area contributed by atoms with Gasteiger partial charge in [0.05, 0.1) is 17.7 Å². The largest absolute Gasteiger partial charge is 0.505 e. The molecule has 0 saturated carbocycles. The molecule has 10 heteroatoms. The molecule has 2 aromatic carbocycles. The molecule has 0 atom stereocenters. The lowest BCUT2D eigenvalue weighted by molar-refractivity contribution is 0.0798. The van der Waals surface area contributed by atoms with Gasteiger partial charge in [0.25, 0.3) is 5.91 Å². The summed E-state index contributed by atoms with van der Waals surface area (Å²) in [6.07, 6.45) is 5.25. The van der Waals surface area contributed by atoms with Gasteiger partial charge in [0, 0.05) is 49.2 Å². The topological polar surface area (TPSA) is 133 Å². The van der Waals surface area contributed by atoms with E-state index in [0.29, 0.717) is 41.3 Å². The van der Waals surface area contributed by atoms with Crippen LogP contribution in [0.3, 0.4) is 0 Å². The molecule has 0 radical (unpaired) electrons. The number of hydrogen-bond acceptors (Lipinski definition) is 6. The monoisotopic (exact) mass is 461 g/mol. The Morgan fingerprint density at radius 3 is 2.76 bits per heavy atom. The fraction of sp³-hybridized carbons (Fsp3) is 0.167. The van der Waals surface area contributed by atoms with E-state index < -0.39 is 11.6 Å². The Bertz CT molecular complexity index is 1400. The van der Waals surface area contributed by atoms with Crippen LogP contribution in [0.4, 0.5) is 15.9 Å². The zero-order valence-electron chi connectivity index (χ0n) is 18.7. The minimum absolute atomic E-state index is 0.0373. The number of fused-ring (bicyclic) bond motifs is 1. The number of aryl methyl sites for hydroxylation is 1. The Labute approximate surface area is 195 Å². The van der Waals surface area contributed by atoms with Gasteiger partial charge in [-0.1, -0.05) is 0 Å². The van der Waals surface area contributed by atoms with Crippen molar-refractivity contribution >= 4 is 28.9 Å². The lowest BCUT2D eigenvalue weighted by Gasteiger charge is -2.18. The van der Waals surface area contributed by atoms with Gasteiger partial charge >= 0.3 is 0 Å². The Hall–Kier alpha value is -4.47. The van der Waals surface area contributed by atoms with Crippen molar-refractivity contribution in [2.24, 2.45) is 5.73 Å². The Morgan fingerprint density at radius 2 is 2.06 bits per heavy atom. The maximum Gasteiger partial charge on any atom is 0.253 e. The van der Waals surface area contributed by atoms with Gasteiger partial charge in [-0.25, -0.2) is 14.4 Å². The number of rotatable bonds is 7. The van der Waals surface area contributed by atoms with E-state index in [0.717, 1.165) is 11.3 Å². The zero-order chi connectivity index (χ0) is 24.4. The van der Waals surface area contributed by atoms with Crippen LogP contribution in [0.2, 0.25) is 0 Å². The Morgan fingerprint density at radius 1 is 1.26 bits per heavy atom. The zero-order valence-corrected chi connectivity index (χ0v) is 18.7. The summed E-state index contributed by atoms with van der Waals surface area (Å²) in [5, 5.41) is 20.0. The average Bonchev–Trinajstić information content (AvgIpc) is 3.24. The van der Waals surface area contributed by atoms with Crippen LogP contribution in [0.15, 0.2) is 55.0 Å². The van der Waals surface area contributed by atoms with Crippen LogP contribution in [0.5, 0.6) is 5.75 Å². The summed E-state index contributed by atoms with van der Waals surface area (Å²) < 4.78 is 15.6. The third-order valence-electron chi connectivity index (χ3n) is 5.45. The summed E-state index contributed by atoms with van der Waals surface area (Å²) >= 11 is 0. The molecule has 174 valence electrons. The second-order valence-electron chi connectivity index (χ2n) is 7.94. The second kappa shape index (κ2) is 9.18. The number of aromatic nitrogens is 3. The second-order valence-corrected chi connectivity index (χ2v) is 7.94. The van der Waals surface area contributed by atoms with Crippen molar-refractivity contribution in [3.05, 3.63) is 71.9 Å². The highest BCUT2D eigenvalue weighted by atomic mass is 19.1. The summed E-state index contributed by atoms with van der Waals surface area (Å²) in [6.45, 7) is 2.21. The molecule has 34 heavy (non-hydrogen) atoms. The molecule has 2 heterocycles. The van der Waals surface area contributed by atoms with Crippen molar-refractivity contribution in [3.8, 4) is 17.0 Å². The van der Waals surface area contributed by atoms with Crippen LogP contribution in [-0.2, 0) is 0 Å². The van der Waals surface area contributed by atoms with E-state index >= 15 is 0 Å². The number of nitrogens with zero attached hydrogens (tertiary/aromatic N) is 4.